The number of rotatable bonds is 5. The second kappa shape index (κ2) is 11.3. The van der Waals surface area contributed by atoms with Gasteiger partial charge in [-0.2, -0.15) is 0 Å². The van der Waals surface area contributed by atoms with E-state index < -0.39 is 5.91 Å². The summed E-state index contributed by atoms with van der Waals surface area (Å²) < 4.78 is 10.9. The van der Waals surface area contributed by atoms with E-state index in [0.717, 1.165) is 11.3 Å². The maximum Gasteiger partial charge on any atom is 0.293 e. The van der Waals surface area contributed by atoms with E-state index in [-0.39, 0.29) is 16.8 Å². The third kappa shape index (κ3) is 5.85. The van der Waals surface area contributed by atoms with Crippen molar-refractivity contribution in [3.8, 4) is 11.3 Å². The number of anilines is 2. The van der Waals surface area contributed by atoms with Gasteiger partial charge in [-0.25, -0.2) is 0 Å². The summed E-state index contributed by atoms with van der Waals surface area (Å²) in [6.07, 6.45) is 1.49. The van der Waals surface area contributed by atoms with E-state index in [2.05, 4.69) is 15.5 Å². The monoisotopic (exact) mass is 568 g/mol. The second-order valence-corrected chi connectivity index (χ2v) is 9.75. The Labute approximate surface area is 234 Å². The number of piperazine rings is 1. The number of hydrogen-bond acceptors (Lipinski definition) is 6. The van der Waals surface area contributed by atoms with Crippen molar-refractivity contribution < 1.29 is 18.4 Å². The predicted molar refractivity (Wildman–Crippen MR) is 151 cm³/mol. The molecule has 3 heterocycles. The van der Waals surface area contributed by atoms with Crippen molar-refractivity contribution in [2.24, 2.45) is 0 Å². The van der Waals surface area contributed by atoms with Crippen molar-refractivity contribution in [3.63, 3.8) is 0 Å². The molecule has 1 fully saturated rings. The number of nitrogens with one attached hydrogen (secondary N) is 2. The number of carbonyl (C=O) groups is 2. The molecule has 1 saturated heterocycles. The van der Waals surface area contributed by atoms with E-state index in [1.165, 1.54) is 6.26 Å². The van der Waals surface area contributed by atoms with Gasteiger partial charge in [-0.1, -0.05) is 23.2 Å². The molecule has 1 aliphatic rings. The average molecular weight is 569 g/mol. The Morgan fingerprint density at radius 3 is 2.34 bits per heavy atom. The zero-order chi connectivity index (χ0) is 26.6. The molecule has 38 heavy (non-hydrogen) atoms. The maximum atomic E-state index is 12.6. The van der Waals surface area contributed by atoms with Crippen LogP contribution in [0.25, 0.3) is 11.3 Å². The average Bonchev–Trinajstić information content (AvgIpc) is 3.62. The minimum absolute atomic E-state index is 0.105. The number of nitrogens with zero attached hydrogens (tertiary/aromatic N) is 2. The Balaban J connectivity index is 1.15. The highest BCUT2D eigenvalue weighted by Crippen LogP contribution is 2.30. The van der Waals surface area contributed by atoms with Gasteiger partial charge in [0.15, 0.2) is 16.6 Å². The summed E-state index contributed by atoms with van der Waals surface area (Å²) >= 11 is 17.8. The van der Waals surface area contributed by atoms with Crippen LogP contribution in [-0.4, -0.2) is 48.0 Å². The molecule has 11 heteroatoms. The van der Waals surface area contributed by atoms with Gasteiger partial charge in [0.2, 0.25) is 0 Å². The van der Waals surface area contributed by atoms with E-state index >= 15 is 0 Å². The summed E-state index contributed by atoms with van der Waals surface area (Å²) in [5.41, 5.74) is 2.27. The Hall–Kier alpha value is -3.79. The van der Waals surface area contributed by atoms with E-state index in [1.54, 1.807) is 47.4 Å². The fourth-order valence-corrected chi connectivity index (χ4v) is 4.74. The minimum Gasteiger partial charge on any atom is -0.459 e. The highest BCUT2D eigenvalue weighted by atomic mass is 35.5. The zero-order valence-corrected chi connectivity index (χ0v) is 22.3. The first-order valence-electron chi connectivity index (χ1n) is 11.7. The second-order valence-electron chi connectivity index (χ2n) is 8.50. The lowest BCUT2D eigenvalue weighted by Crippen LogP contribution is -2.48. The van der Waals surface area contributed by atoms with E-state index in [9.17, 15) is 9.59 Å². The van der Waals surface area contributed by atoms with Crippen LogP contribution in [0.1, 0.15) is 21.1 Å². The molecule has 0 bridgehead atoms. The fourth-order valence-electron chi connectivity index (χ4n) is 4.10. The summed E-state index contributed by atoms with van der Waals surface area (Å²) in [5, 5.41) is 6.82. The summed E-state index contributed by atoms with van der Waals surface area (Å²) in [6, 6.07) is 19.2. The van der Waals surface area contributed by atoms with Crippen molar-refractivity contribution >= 4 is 63.7 Å². The van der Waals surface area contributed by atoms with Gasteiger partial charge in [-0.05, 0) is 78.9 Å². The molecule has 2 aromatic carbocycles. The van der Waals surface area contributed by atoms with Crippen LogP contribution in [-0.2, 0) is 0 Å². The molecule has 194 valence electrons. The lowest BCUT2D eigenvalue weighted by Gasteiger charge is -2.36. The lowest BCUT2D eigenvalue weighted by molar-refractivity contribution is 0.0714. The number of benzene rings is 2. The summed E-state index contributed by atoms with van der Waals surface area (Å²) in [7, 11) is 0. The number of furan rings is 2. The van der Waals surface area contributed by atoms with Gasteiger partial charge in [-0.3, -0.25) is 14.9 Å². The molecule has 0 radical (unpaired) electrons. The molecule has 5 rings (SSSR count). The lowest BCUT2D eigenvalue weighted by atomic mass is 10.2. The molecule has 2 amide bonds. The zero-order valence-electron chi connectivity index (χ0n) is 19.9. The first-order chi connectivity index (χ1) is 18.4. The molecule has 0 atom stereocenters. The topological polar surface area (TPSA) is 91.0 Å². The van der Waals surface area contributed by atoms with Gasteiger partial charge < -0.3 is 24.0 Å². The Bertz CT molecular complexity index is 1460. The van der Waals surface area contributed by atoms with E-state index in [4.69, 9.17) is 44.3 Å². The van der Waals surface area contributed by atoms with Gasteiger partial charge in [0, 0.05) is 42.5 Å². The number of amides is 2. The number of hydrogen-bond donors (Lipinski definition) is 2. The van der Waals surface area contributed by atoms with Crippen LogP contribution in [0.2, 0.25) is 10.0 Å². The molecule has 0 spiro atoms. The van der Waals surface area contributed by atoms with Crippen LogP contribution in [0, 0.1) is 0 Å². The van der Waals surface area contributed by atoms with Crippen molar-refractivity contribution in [3.05, 3.63) is 94.6 Å². The number of halogens is 2. The maximum absolute atomic E-state index is 12.6. The van der Waals surface area contributed by atoms with E-state index in [0.29, 0.717) is 53.4 Å². The van der Waals surface area contributed by atoms with Crippen LogP contribution < -0.4 is 15.5 Å². The fraction of sp³-hybridized carbons (Fsp3) is 0.148. The normalized spacial score (nSPS) is 13.3. The highest BCUT2D eigenvalue weighted by molar-refractivity contribution is 7.80. The van der Waals surface area contributed by atoms with Crippen LogP contribution >= 0.6 is 35.4 Å². The van der Waals surface area contributed by atoms with Crippen molar-refractivity contribution in [2.75, 3.05) is 36.4 Å². The molecule has 0 aliphatic carbocycles. The van der Waals surface area contributed by atoms with Gasteiger partial charge in [0.05, 0.1) is 17.0 Å². The third-order valence-electron chi connectivity index (χ3n) is 6.03. The smallest absolute Gasteiger partial charge is 0.293 e. The van der Waals surface area contributed by atoms with Crippen LogP contribution in [0.15, 0.2) is 81.8 Å². The first kappa shape index (κ1) is 25.8. The predicted octanol–water partition coefficient (Wildman–Crippen LogP) is 5.94. The highest BCUT2D eigenvalue weighted by Gasteiger charge is 2.25. The summed E-state index contributed by atoms with van der Waals surface area (Å²) in [4.78, 5) is 29.0. The number of thiocarbonyl (C=S) groups is 1. The molecule has 2 N–H and O–H groups in total. The largest absolute Gasteiger partial charge is 0.459 e. The van der Waals surface area contributed by atoms with Crippen LogP contribution in [0.3, 0.4) is 0 Å². The van der Waals surface area contributed by atoms with Gasteiger partial charge in [0.25, 0.3) is 11.8 Å². The molecular formula is C27H22Cl2N4O4S. The Kier molecular flexibility index (Phi) is 7.69. The first-order valence-corrected chi connectivity index (χ1v) is 12.9. The van der Waals surface area contributed by atoms with Crippen molar-refractivity contribution in [1.29, 1.82) is 0 Å². The van der Waals surface area contributed by atoms with Crippen molar-refractivity contribution in [1.82, 2.24) is 10.2 Å². The van der Waals surface area contributed by atoms with E-state index in [1.807, 2.05) is 24.3 Å². The molecule has 2 aromatic heterocycles. The van der Waals surface area contributed by atoms with Crippen molar-refractivity contribution in [2.45, 2.75) is 0 Å². The molecule has 8 nitrogen and oxygen atoms in total. The molecule has 0 unspecified atom stereocenters. The Morgan fingerprint density at radius 1 is 0.895 bits per heavy atom. The summed E-state index contributed by atoms with van der Waals surface area (Å²) in [5.74, 6) is 0.402. The van der Waals surface area contributed by atoms with Gasteiger partial charge in [0.1, 0.15) is 5.76 Å². The molecular weight excluding hydrogens is 547 g/mol. The Morgan fingerprint density at radius 2 is 1.66 bits per heavy atom. The third-order valence-corrected chi connectivity index (χ3v) is 6.79. The van der Waals surface area contributed by atoms with Gasteiger partial charge in [-0.15, -0.1) is 0 Å². The molecule has 1 aliphatic heterocycles. The molecule has 4 aromatic rings. The van der Waals surface area contributed by atoms with Crippen LogP contribution in [0.5, 0.6) is 0 Å². The SMILES string of the molecule is O=C(NC(=S)Nc1ccc(N2CCN(C(=O)c3ccco3)CC2)c(Cl)c1)c1ccc(-c2ccc(Cl)cc2)o1. The van der Waals surface area contributed by atoms with Crippen LogP contribution in [0.4, 0.5) is 11.4 Å². The van der Waals surface area contributed by atoms with Gasteiger partial charge >= 0.3 is 0 Å². The summed E-state index contributed by atoms with van der Waals surface area (Å²) in [6.45, 7) is 2.38. The molecule has 0 saturated carbocycles. The standard InChI is InChI=1S/C27H22Cl2N4O4S/c28-18-5-3-17(4-6-18)22-9-10-23(37-22)25(34)31-27(38)30-19-7-8-21(20(29)16-19)32-11-13-33(14-12-32)26(35)24-2-1-15-36-24/h1-10,15-16H,11-14H2,(H2,30,31,34,38). The quantitative estimate of drug-likeness (QED) is 0.288. The minimum atomic E-state index is -0.479. The number of carbonyl (C=O) groups excluding carboxylic acids is 2.